The van der Waals surface area contributed by atoms with Crippen molar-refractivity contribution < 1.29 is 88.0 Å². The van der Waals surface area contributed by atoms with Crippen LogP contribution in [0.1, 0.15) is 111 Å². The maximum Gasteiger partial charge on any atom is 0.342 e. The molecule has 14 atom stereocenters. The topological polar surface area (TPSA) is 267 Å². The van der Waals surface area contributed by atoms with Gasteiger partial charge in [0.2, 0.25) is 0 Å². The average molecular weight is 1040 g/mol. The fraction of sp³-hybridized carbons (Fsp3) is 0.627. The molecule has 3 aliphatic rings. The molecule has 3 heterocycles. The third-order valence-electron chi connectivity index (χ3n) is 12.8. The van der Waals surface area contributed by atoms with Crippen LogP contribution in [0.5, 0.6) is 11.5 Å². The fourth-order valence-electron chi connectivity index (χ4n) is 8.56. The van der Waals surface area contributed by atoms with E-state index >= 15 is 0 Å². The Morgan fingerprint density at radius 1 is 0.915 bits per heavy atom. The van der Waals surface area contributed by atoms with Crippen LogP contribution in [0.25, 0.3) is 0 Å². The van der Waals surface area contributed by atoms with Crippen LogP contribution in [0, 0.1) is 5.92 Å². The summed E-state index contributed by atoms with van der Waals surface area (Å²) in [6.45, 7) is 16.3. The Balaban J connectivity index is 1.61. The van der Waals surface area contributed by atoms with Gasteiger partial charge < -0.3 is 73.6 Å². The van der Waals surface area contributed by atoms with Gasteiger partial charge in [-0.25, -0.2) is 9.59 Å². The molecule has 1 aromatic carbocycles. The van der Waals surface area contributed by atoms with Gasteiger partial charge in [0.25, 0.3) is 0 Å². The van der Waals surface area contributed by atoms with E-state index in [2.05, 4.69) is 0 Å². The first-order chi connectivity index (χ1) is 33.3. The van der Waals surface area contributed by atoms with Crippen molar-refractivity contribution in [2.24, 2.45) is 5.92 Å². The van der Waals surface area contributed by atoms with Crippen molar-refractivity contribution in [2.75, 3.05) is 13.7 Å². The number of aliphatic hydroxyl groups excluding tert-OH is 5. The van der Waals surface area contributed by atoms with Gasteiger partial charge in [0, 0.05) is 25.9 Å². The molecular weight excluding hydrogens is 971 g/mol. The van der Waals surface area contributed by atoms with Crippen LogP contribution in [0.3, 0.4) is 0 Å². The minimum absolute atomic E-state index is 0.0367. The first kappa shape index (κ1) is 59.7. The molecule has 18 nitrogen and oxygen atoms in total. The van der Waals surface area contributed by atoms with E-state index in [-0.39, 0.29) is 47.8 Å². The number of cyclic esters (lactones) is 1. The average Bonchev–Trinajstić information content (AvgIpc) is 3.32. The molecule has 71 heavy (non-hydrogen) atoms. The van der Waals surface area contributed by atoms with Crippen LogP contribution in [0.4, 0.5) is 0 Å². The van der Waals surface area contributed by atoms with E-state index in [9.17, 15) is 50.1 Å². The largest absolute Gasteiger partial charge is 0.505 e. The van der Waals surface area contributed by atoms with Crippen molar-refractivity contribution >= 4 is 41.1 Å². The molecule has 3 aliphatic heterocycles. The molecule has 0 spiro atoms. The lowest BCUT2D eigenvalue weighted by Crippen LogP contribution is -2.64. The number of hydrogen-bond donors (Lipinski definition) is 7. The number of aliphatic hydroxyl groups is 5. The zero-order valence-corrected chi connectivity index (χ0v) is 43.7. The minimum atomic E-state index is -1.60. The Labute approximate surface area is 425 Å². The summed E-state index contributed by atoms with van der Waals surface area (Å²) in [6.07, 6.45) is -5.33. The van der Waals surface area contributed by atoms with E-state index in [1.54, 1.807) is 46.8 Å². The quantitative estimate of drug-likeness (QED) is 0.0680. The summed E-state index contributed by atoms with van der Waals surface area (Å²) in [6, 6.07) is 0. The SMILES string of the molecule is CCC(=O)OC1C(O)C(O)C(OC2C(C)=CC(C)=CCC(C(C)O)OC(=O)C(COC3OC(C)C(OC(=O)c4c(O)c(Cl)c(O)c(Cl)c4CC)C(O)C3OC)=CC=CCC(O)C(C)=CC2CC)OC1(C)C. The Kier molecular flexibility index (Phi) is 22.2. The molecule has 0 aliphatic carbocycles. The molecule has 398 valence electrons. The number of halogens is 2. The molecular formula is C51H72Cl2O18. The van der Waals surface area contributed by atoms with E-state index < -0.39 is 132 Å². The van der Waals surface area contributed by atoms with Crippen molar-refractivity contribution in [1.29, 1.82) is 0 Å². The maximum atomic E-state index is 13.9. The van der Waals surface area contributed by atoms with Gasteiger partial charge in [-0.15, -0.1) is 0 Å². The van der Waals surface area contributed by atoms with Crippen LogP contribution in [-0.2, 0) is 53.9 Å². The van der Waals surface area contributed by atoms with E-state index in [4.69, 9.17) is 61.1 Å². The zero-order chi connectivity index (χ0) is 53.2. The van der Waals surface area contributed by atoms with E-state index in [1.807, 2.05) is 32.9 Å². The molecule has 14 unspecified atom stereocenters. The standard InChI is InChI=1S/C51H72Cl2O18/c1-12-29-22-25(5)32(55)18-16-15-17-30(23-65-50-45(64-11)42(61)44(28(8)66-50)69-48(63)35-31(13-2)36(52)39(58)37(53)38(35)57)47(62)67-33(27(7)54)20-19-24(4)21-26(6)43(29)70-49-41(60)40(59)46(51(9,10)71-49)68-34(56)14-3/h15-17,19,21-22,27-29,32-33,40-46,49-50,54-55,57-61H,12-14,18,20,23H2,1-11H3. The Hall–Kier alpha value is -3.89. The molecule has 1 aromatic rings. The molecule has 2 fully saturated rings. The monoisotopic (exact) mass is 1040 g/mol. The summed E-state index contributed by atoms with van der Waals surface area (Å²) in [5.41, 5.74) is 0.336. The molecule has 0 bridgehead atoms. The highest BCUT2D eigenvalue weighted by Gasteiger charge is 2.53. The number of methoxy groups -OCH3 is 1. The summed E-state index contributed by atoms with van der Waals surface area (Å²) in [7, 11) is 1.26. The second-order valence-electron chi connectivity index (χ2n) is 18.6. The number of allylic oxidation sites excluding steroid dienone is 4. The molecule has 7 N–H and O–H groups in total. The van der Waals surface area contributed by atoms with E-state index in [0.717, 1.165) is 0 Å². The van der Waals surface area contributed by atoms with Crippen LogP contribution < -0.4 is 0 Å². The highest BCUT2D eigenvalue weighted by molar-refractivity contribution is 6.39. The van der Waals surface area contributed by atoms with Crippen LogP contribution in [0.15, 0.2) is 58.7 Å². The number of aromatic hydroxyl groups is 2. The summed E-state index contributed by atoms with van der Waals surface area (Å²) in [5, 5.41) is 76.3. The second-order valence-corrected chi connectivity index (χ2v) is 19.4. The molecule has 4 rings (SSSR count). The number of hydrogen-bond acceptors (Lipinski definition) is 18. The number of phenols is 2. The van der Waals surface area contributed by atoms with Crippen molar-refractivity contribution in [3.05, 3.63) is 79.9 Å². The summed E-state index contributed by atoms with van der Waals surface area (Å²) >= 11 is 12.3. The molecule has 20 heteroatoms. The summed E-state index contributed by atoms with van der Waals surface area (Å²) in [4.78, 5) is 39.6. The molecule has 0 radical (unpaired) electrons. The summed E-state index contributed by atoms with van der Waals surface area (Å²) in [5.74, 6) is -4.30. The lowest BCUT2D eigenvalue weighted by atomic mass is 9.88. The van der Waals surface area contributed by atoms with Crippen molar-refractivity contribution in [3.8, 4) is 11.5 Å². The smallest absolute Gasteiger partial charge is 0.342 e. The van der Waals surface area contributed by atoms with Crippen LogP contribution in [-0.4, -0.2) is 153 Å². The lowest BCUT2D eigenvalue weighted by molar-refractivity contribution is -0.333. The third kappa shape index (κ3) is 14.7. The van der Waals surface area contributed by atoms with Crippen LogP contribution in [0.2, 0.25) is 10.0 Å². The number of benzene rings is 1. The highest BCUT2D eigenvalue weighted by atomic mass is 35.5. The Bertz CT molecular complexity index is 2180. The van der Waals surface area contributed by atoms with E-state index in [0.29, 0.717) is 23.1 Å². The molecule has 0 saturated carbocycles. The first-order valence-corrected chi connectivity index (χ1v) is 24.5. The normalized spacial score (nSPS) is 31.7. The van der Waals surface area contributed by atoms with E-state index in [1.165, 1.54) is 33.1 Å². The van der Waals surface area contributed by atoms with Gasteiger partial charge in [-0.05, 0) is 90.5 Å². The molecule has 0 aromatic heterocycles. The number of phenolic OH excluding ortho intramolecular Hbond substituents is 2. The van der Waals surface area contributed by atoms with Gasteiger partial charge in [-0.1, -0.05) is 79.9 Å². The van der Waals surface area contributed by atoms with Gasteiger partial charge in [0.1, 0.15) is 46.7 Å². The number of rotatable bonds is 13. The third-order valence-corrected chi connectivity index (χ3v) is 13.6. The van der Waals surface area contributed by atoms with Crippen molar-refractivity contribution in [2.45, 2.75) is 187 Å². The fourth-order valence-corrected chi connectivity index (χ4v) is 9.12. The van der Waals surface area contributed by atoms with Gasteiger partial charge in [-0.2, -0.15) is 0 Å². The Morgan fingerprint density at radius 2 is 1.59 bits per heavy atom. The summed E-state index contributed by atoms with van der Waals surface area (Å²) < 4.78 is 47.3. The molecule has 2 saturated heterocycles. The number of ether oxygens (including phenoxy) is 8. The number of carbonyl (C=O) groups excluding carboxylic acids is 3. The van der Waals surface area contributed by atoms with Gasteiger partial charge in [0.15, 0.2) is 36.3 Å². The molecule has 0 amide bonds. The minimum Gasteiger partial charge on any atom is -0.505 e. The Morgan fingerprint density at radius 3 is 2.20 bits per heavy atom. The van der Waals surface area contributed by atoms with Crippen molar-refractivity contribution in [1.82, 2.24) is 0 Å². The van der Waals surface area contributed by atoms with Crippen molar-refractivity contribution in [3.63, 3.8) is 0 Å². The first-order valence-electron chi connectivity index (χ1n) is 23.8. The predicted molar refractivity (Wildman–Crippen MR) is 261 cm³/mol. The van der Waals surface area contributed by atoms with Gasteiger partial charge in [0.05, 0.1) is 41.6 Å². The highest BCUT2D eigenvalue weighted by Crippen LogP contribution is 2.45. The number of esters is 3. The maximum absolute atomic E-state index is 13.9. The van der Waals surface area contributed by atoms with Gasteiger partial charge in [-0.3, -0.25) is 4.79 Å². The number of carbonyl (C=O) groups is 3. The zero-order valence-electron chi connectivity index (χ0n) is 42.2. The van der Waals surface area contributed by atoms with Crippen LogP contribution >= 0.6 is 23.2 Å². The second kappa shape index (κ2) is 26.4. The predicted octanol–water partition coefficient (Wildman–Crippen LogP) is 5.99. The lowest BCUT2D eigenvalue weighted by Gasteiger charge is -2.47. The van der Waals surface area contributed by atoms with Gasteiger partial charge >= 0.3 is 17.9 Å².